The van der Waals surface area contributed by atoms with Gasteiger partial charge in [-0.1, -0.05) is 18.5 Å². The van der Waals surface area contributed by atoms with E-state index in [-0.39, 0.29) is 11.4 Å². The first-order valence-electron chi connectivity index (χ1n) is 7.75. The third-order valence-corrected chi connectivity index (χ3v) is 4.54. The molecule has 0 radical (unpaired) electrons. The predicted molar refractivity (Wildman–Crippen MR) is 80.1 cm³/mol. The summed E-state index contributed by atoms with van der Waals surface area (Å²) in [6.07, 6.45) is 4.50. The maximum Gasteiger partial charge on any atom is 0.227 e. The predicted octanol–water partition coefficient (Wildman–Crippen LogP) is 2.64. The van der Waals surface area contributed by atoms with Gasteiger partial charge < -0.3 is 14.2 Å². The minimum Gasteiger partial charge on any atom is -0.382 e. The van der Waals surface area contributed by atoms with E-state index in [2.05, 4.69) is 12.1 Å². The summed E-state index contributed by atoms with van der Waals surface area (Å²) in [5.41, 5.74) is 1.61. The summed E-state index contributed by atoms with van der Waals surface area (Å²) in [4.78, 5) is 14.8. The fourth-order valence-corrected chi connectivity index (χ4v) is 3.54. The quantitative estimate of drug-likeness (QED) is 0.809. The summed E-state index contributed by atoms with van der Waals surface area (Å²) in [6, 6.07) is 0. The molecule has 2 rings (SSSR count). The maximum absolute atomic E-state index is 12.8. The van der Waals surface area contributed by atoms with Crippen LogP contribution in [0.3, 0.4) is 0 Å². The first-order chi connectivity index (χ1) is 10.0. The van der Waals surface area contributed by atoms with E-state index in [1.54, 1.807) is 7.11 Å². The van der Waals surface area contributed by atoms with Crippen LogP contribution in [0.5, 0.6) is 0 Å². The van der Waals surface area contributed by atoms with Crippen molar-refractivity contribution in [2.45, 2.75) is 58.4 Å². The van der Waals surface area contributed by atoms with E-state index in [1.165, 1.54) is 0 Å². The van der Waals surface area contributed by atoms with Crippen molar-refractivity contribution < 1.29 is 14.1 Å². The molecule has 5 heteroatoms. The third-order valence-electron chi connectivity index (χ3n) is 4.54. The lowest BCUT2D eigenvalue weighted by Gasteiger charge is -2.38. The van der Waals surface area contributed by atoms with E-state index < -0.39 is 0 Å². The van der Waals surface area contributed by atoms with Crippen molar-refractivity contribution in [1.29, 1.82) is 0 Å². The molecule has 21 heavy (non-hydrogen) atoms. The van der Waals surface area contributed by atoms with Crippen LogP contribution in [-0.2, 0) is 16.0 Å². The number of carbonyl (C=O) groups is 1. The molecule has 1 amide bonds. The van der Waals surface area contributed by atoms with Crippen LogP contribution in [0.25, 0.3) is 0 Å². The molecule has 0 N–H and O–H groups in total. The molecular weight excluding hydrogens is 268 g/mol. The second kappa shape index (κ2) is 6.60. The summed E-state index contributed by atoms with van der Waals surface area (Å²) < 4.78 is 10.6. The van der Waals surface area contributed by atoms with Crippen LogP contribution in [0.1, 0.15) is 49.6 Å². The number of hydrogen-bond acceptors (Lipinski definition) is 4. The Kier molecular flexibility index (Phi) is 5.04. The average molecular weight is 294 g/mol. The molecule has 1 aliphatic heterocycles. The maximum atomic E-state index is 12.8. The number of amides is 1. The fourth-order valence-electron chi connectivity index (χ4n) is 3.54. The molecule has 0 bridgehead atoms. The highest BCUT2D eigenvalue weighted by Crippen LogP contribution is 2.34. The Morgan fingerprint density at radius 3 is 2.81 bits per heavy atom. The average Bonchev–Trinajstić information content (AvgIpc) is 2.98. The molecular formula is C16H26N2O3. The van der Waals surface area contributed by atoms with Crippen LogP contribution >= 0.6 is 0 Å². The molecule has 1 atom stereocenters. The normalized spacial score (nSPS) is 22.0. The molecule has 1 aliphatic rings. The van der Waals surface area contributed by atoms with E-state index in [9.17, 15) is 4.79 Å². The molecule has 0 aromatic carbocycles. The van der Waals surface area contributed by atoms with Crippen molar-refractivity contribution in [1.82, 2.24) is 10.1 Å². The van der Waals surface area contributed by atoms with Gasteiger partial charge in [0.1, 0.15) is 5.76 Å². The number of methoxy groups -OCH3 is 1. The minimum absolute atomic E-state index is 0.125. The van der Waals surface area contributed by atoms with Gasteiger partial charge in [0, 0.05) is 19.2 Å². The van der Waals surface area contributed by atoms with Crippen molar-refractivity contribution in [3.8, 4) is 0 Å². The number of carbonyl (C=O) groups excluding carboxylic acids is 1. The molecule has 0 spiro atoms. The molecule has 1 aromatic heterocycles. The summed E-state index contributed by atoms with van der Waals surface area (Å²) in [5, 5.41) is 3.93. The van der Waals surface area contributed by atoms with Crippen LogP contribution in [-0.4, -0.2) is 41.8 Å². The van der Waals surface area contributed by atoms with Gasteiger partial charge in [-0.2, -0.15) is 0 Å². The number of hydrogen-bond donors (Lipinski definition) is 0. The molecule has 1 fully saturated rings. The van der Waals surface area contributed by atoms with Crippen molar-refractivity contribution in [2.75, 3.05) is 20.3 Å². The first kappa shape index (κ1) is 16.0. The van der Waals surface area contributed by atoms with Crippen LogP contribution in [0, 0.1) is 13.8 Å². The van der Waals surface area contributed by atoms with Gasteiger partial charge in [0.05, 0.1) is 24.3 Å². The standard InChI is InChI=1S/C16H26N2O3/c1-5-7-16(11-20-4)8-6-9-18(16)15(19)10-14-12(2)17-21-13(14)3/h5-11H2,1-4H3/t16-/m0/s1. The van der Waals surface area contributed by atoms with Crippen molar-refractivity contribution in [2.24, 2.45) is 0 Å². The monoisotopic (exact) mass is 294 g/mol. The lowest BCUT2D eigenvalue weighted by molar-refractivity contribution is -0.137. The summed E-state index contributed by atoms with van der Waals surface area (Å²) in [7, 11) is 1.71. The molecule has 0 aliphatic carbocycles. The molecule has 1 aromatic rings. The summed E-state index contributed by atoms with van der Waals surface area (Å²) >= 11 is 0. The highest BCUT2D eigenvalue weighted by molar-refractivity contribution is 5.80. The lowest BCUT2D eigenvalue weighted by atomic mass is 9.91. The van der Waals surface area contributed by atoms with Gasteiger partial charge in [-0.15, -0.1) is 0 Å². The number of nitrogens with zero attached hydrogens (tertiary/aromatic N) is 2. The van der Waals surface area contributed by atoms with Gasteiger partial charge >= 0.3 is 0 Å². The molecule has 118 valence electrons. The molecule has 2 heterocycles. The Hall–Kier alpha value is -1.36. The van der Waals surface area contributed by atoms with Gasteiger partial charge in [-0.3, -0.25) is 4.79 Å². The number of ether oxygens (including phenoxy) is 1. The highest BCUT2D eigenvalue weighted by atomic mass is 16.5. The second-order valence-electron chi connectivity index (χ2n) is 6.04. The zero-order chi connectivity index (χ0) is 15.5. The molecule has 0 saturated carbocycles. The van der Waals surface area contributed by atoms with E-state index in [4.69, 9.17) is 9.26 Å². The van der Waals surface area contributed by atoms with E-state index >= 15 is 0 Å². The SMILES string of the molecule is CCC[C@@]1(COC)CCCN1C(=O)Cc1c(C)noc1C. The minimum atomic E-state index is -0.125. The summed E-state index contributed by atoms with van der Waals surface area (Å²) in [5.74, 6) is 0.903. The Morgan fingerprint density at radius 1 is 1.48 bits per heavy atom. The topological polar surface area (TPSA) is 55.6 Å². The van der Waals surface area contributed by atoms with Gasteiger partial charge in [0.25, 0.3) is 0 Å². The van der Waals surface area contributed by atoms with Gasteiger partial charge in [0.2, 0.25) is 5.91 Å². The number of aromatic nitrogens is 1. The first-order valence-corrected chi connectivity index (χ1v) is 7.75. The van der Waals surface area contributed by atoms with Crippen molar-refractivity contribution in [3.05, 3.63) is 17.0 Å². The van der Waals surface area contributed by atoms with Crippen LogP contribution in [0.4, 0.5) is 0 Å². The zero-order valence-electron chi connectivity index (χ0n) is 13.6. The Balaban J connectivity index is 2.17. The van der Waals surface area contributed by atoms with Gasteiger partial charge in [-0.05, 0) is 33.1 Å². The number of rotatable bonds is 6. The Morgan fingerprint density at radius 2 is 2.24 bits per heavy atom. The van der Waals surface area contributed by atoms with Crippen LogP contribution in [0.15, 0.2) is 4.52 Å². The Bertz CT molecular complexity index is 470. The number of aryl methyl sites for hydroxylation is 2. The van der Waals surface area contributed by atoms with Crippen LogP contribution in [0.2, 0.25) is 0 Å². The zero-order valence-corrected chi connectivity index (χ0v) is 13.6. The lowest BCUT2D eigenvalue weighted by Crippen LogP contribution is -2.51. The largest absolute Gasteiger partial charge is 0.382 e. The third kappa shape index (κ3) is 3.12. The van der Waals surface area contributed by atoms with Gasteiger partial charge in [-0.25, -0.2) is 0 Å². The van der Waals surface area contributed by atoms with Crippen molar-refractivity contribution in [3.63, 3.8) is 0 Å². The second-order valence-corrected chi connectivity index (χ2v) is 6.04. The molecule has 5 nitrogen and oxygen atoms in total. The van der Waals surface area contributed by atoms with Crippen LogP contribution < -0.4 is 0 Å². The van der Waals surface area contributed by atoms with Crippen molar-refractivity contribution >= 4 is 5.91 Å². The van der Waals surface area contributed by atoms with E-state index in [1.807, 2.05) is 18.7 Å². The molecule has 0 unspecified atom stereocenters. The highest BCUT2D eigenvalue weighted by Gasteiger charge is 2.42. The summed E-state index contributed by atoms with van der Waals surface area (Å²) in [6.45, 7) is 7.35. The smallest absolute Gasteiger partial charge is 0.227 e. The number of likely N-dealkylation sites (tertiary alicyclic amines) is 1. The van der Waals surface area contributed by atoms with E-state index in [0.29, 0.717) is 13.0 Å². The Labute approximate surface area is 126 Å². The van der Waals surface area contributed by atoms with Gasteiger partial charge in [0.15, 0.2) is 0 Å². The molecule has 1 saturated heterocycles. The fraction of sp³-hybridized carbons (Fsp3) is 0.750. The van der Waals surface area contributed by atoms with E-state index in [0.717, 1.165) is 49.2 Å².